The molecule has 0 spiro atoms. The molecule has 36 heavy (non-hydrogen) atoms. The van der Waals surface area contributed by atoms with Crippen LogP contribution in [0.4, 0.5) is 0 Å². The van der Waals surface area contributed by atoms with Gasteiger partial charge in [-0.05, 0) is 37.1 Å². The number of nitrogens with zero attached hydrogens (tertiary/aromatic N) is 5. The van der Waals surface area contributed by atoms with Crippen molar-refractivity contribution in [1.29, 1.82) is 0 Å². The zero-order chi connectivity index (χ0) is 25.5. The Bertz CT molecular complexity index is 1320. The highest BCUT2D eigenvalue weighted by molar-refractivity contribution is 7.98. The summed E-state index contributed by atoms with van der Waals surface area (Å²) in [5.41, 5.74) is 2.09. The fourth-order valence-electron chi connectivity index (χ4n) is 3.83. The Balaban J connectivity index is 1.63. The van der Waals surface area contributed by atoms with Gasteiger partial charge in [-0.15, -0.1) is 21.5 Å². The summed E-state index contributed by atoms with van der Waals surface area (Å²) in [7, 11) is 1.64. The van der Waals surface area contributed by atoms with E-state index in [4.69, 9.17) is 16.3 Å². The fraction of sp³-hybridized carbons (Fsp3) is 0.308. The number of para-hydroxylation sites is 2. The van der Waals surface area contributed by atoms with Crippen molar-refractivity contribution in [3.8, 4) is 22.8 Å². The van der Waals surface area contributed by atoms with Gasteiger partial charge in [0.05, 0.1) is 23.6 Å². The minimum atomic E-state index is -0.00982. The zero-order valence-corrected chi connectivity index (χ0v) is 22.9. The number of rotatable bonds is 11. The van der Waals surface area contributed by atoms with Gasteiger partial charge >= 0.3 is 0 Å². The molecule has 2 heterocycles. The largest absolute Gasteiger partial charge is 0.495 e. The van der Waals surface area contributed by atoms with Crippen molar-refractivity contribution < 1.29 is 9.53 Å². The van der Waals surface area contributed by atoms with Crippen LogP contribution >= 0.6 is 34.7 Å². The molecule has 2 aromatic carbocycles. The molecular weight excluding hydrogens is 514 g/mol. The van der Waals surface area contributed by atoms with E-state index in [1.165, 1.54) is 23.1 Å². The SMILES string of the molecule is CCCN(CCC)C(=O)c1csc(CSc2nnc(-c3ccccc3Cl)n2-c2ccccc2OC)n1. The summed E-state index contributed by atoms with van der Waals surface area (Å²) in [5, 5.41) is 12.9. The van der Waals surface area contributed by atoms with Crippen molar-refractivity contribution in [2.75, 3.05) is 20.2 Å². The summed E-state index contributed by atoms with van der Waals surface area (Å²) in [6.45, 7) is 5.63. The third-order valence-electron chi connectivity index (χ3n) is 5.44. The number of hydrogen-bond acceptors (Lipinski definition) is 7. The lowest BCUT2D eigenvalue weighted by molar-refractivity contribution is 0.0750. The van der Waals surface area contributed by atoms with Crippen molar-refractivity contribution in [2.45, 2.75) is 37.6 Å². The topological polar surface area (TPSA) is 73.1 Å². The van der Waals surface area contributed by atoms with Crippen LogP contribution in [0.15, 0.2) is 59.1 Å². The lowest BCUT2D eigenvalue weighted by Gasteiger charge is -2.20. The first kappa shape index (κ1) is 26.2. The second-order valence-electron chi connectivity index (χ2n) is 8.00. The van der Waals surface area contributed by atoms with E-state index in [-0.39, 0.29) is 5.91 Å². The van der Waals surface area contributed by atoms with Crippen LogP contribution < -0.4 is 4.74 Å². The number of aromatic nitrogens is 4. The number of ether oxygens (including phenoxy) is 1. The number of benzene rings is 2. The molecule has 0 saturated carbocycles. The Kier molecular flexibility index (Phi) is 9.01. The molecule has 0 unspecified atom stereocenters. The highest BCUT2D eigenvalue weighted by atomic mass is 35.5. The lowest BCUT2D eigenvalue weighted by Crippen LogP contribution is -2.32. The third-order valence-corrected chi connectivity index (χ3v) is 7.75. The van der Waals surface area contributed by atoms with Crippen LogP contribution in [-0.4, -0.2) is 50.8 Å². The highest BCUT2D eigenvalue weighted by Gasteiger charge is 2.22. The highest BCUT2D eigenvalue weighted by Crippen LogP contribution is 2.36. The first-order valence-electron chi connectivity index (χ1n) is 11.8. The third kappa shape index (κ3) is 5.74. The van der Waals surface area contributed by atoms with Crippen LogP contribution in [-0.2, 0) is 5.75 Å². The molecule has 10 heteroatoms. The van der Waals surface area contributed by atoms with Crippen molar-refractivity contribution in [3.05, 3.63) is 69.6 Å². The first-order chi connectivity index (χ1) is 17.6. The number of hydrogen-bond donors (Lipinski definition) is 0. The van der Waals surface area contributed by atoms with Crippen LogP contribution in [0.25, 0.3) is 17.1 Å². The van der Waals surface area contributed by atoms with Gasteiger partial charge in [0, 0.05) is 24.0 Å². The van der Waals surface area contributed by atoms with Gasteiger partial charge in [0.15, 0.2) is 11.0 Å². The molecule has 188 valence electrons. The molecule has 7 nitrogen and oxygen atoms in total. The van der Waals surface area contributed by atoms with E-state index in [0.717, 1.165) is 42.2 Å². The summed E-state index contributed by atoms with van der Waals surface area (Å²) >= 11 is 9.50. The maximum absolute atomic E-state index is 12.9. The van der Waals surface area contributed by atoms with Crippen LogP contribution in [0, 0.1) is 0 Å². The van der Waals surface area contributed by atoms with Gasteiger partial charge in [-0.25, -0.2) is 4.98 Å². The zero-order valence-electron chi connectivity index (χ0n) is 20.5. The lowest BCUT2D eigenvalue weighted by atomic mass is 10.2. The van der Waals surface area contributed by atoms with Gasteiger partial charge in [0.2, 0.25) is 0 Å². The molecule has 0 aliphatic carbocycles. The smallest absolute Gasteiger partial charge is 0.273 e. The predicted octanol–water partition coefficient (Wildman–Crippen LogP) is 6.61. The maximum Gasteiger partial charge on any atom is 0.273 e. The summed E-state index contributed by atoms with van der Waals surface area (Å²) < 4.78 is 7.58. The number of methoxy groups -OCH3 is 1. The molecule has 0 aliphatic heterocycles. The van der Waals surface area contributed by atoms with Crippen LogP contribution in [0.1, 0.15) is 42.2 Å². The molecule has 0 fully saturated rings. The second kappa shape index (κ2) is 12.4. The quantitative estimate of drug-likeness (QED) is 0.199. The van der Waals surface area contributed by atoms with Crippen molar-refractivity contribution in [2.24, 2.45) is 0 Å². The number of thiazole rings is 1. The number of carbonyl (C=O) groups excluding carboxylic acids is 1. The van der Waals surface area contributed by atoms with Crippen molar-refractivity contribution >= 4 is 40.6 Å². The molecule has 2 aromatic heterocycles. The molecule has 0 aliphatic rings. The van der Waals surface area contributed by atoms with Gasteiger partial charge in [-0.3, -0.25) is 9.36 Å². The standard InChI is InChI=1S/C26H28ClN5O2S2/c1-4-14-31(15-5-2)25(33)20-16-35-23(28-20)17-36-26-30-29-24(18-10-6-7-11-19(18)27)32(26)21-12-8-9-13-22(21)34-3/h6-13,16H,4-5,14-15,17H2,1-3H3. The molecule has 0 saturated heterocycles. The number of thioether (sulfide) groups is 1. The maximum atomic E-state index is 12.9. The van der Waals surface area contributed by atoms with E-state index in [9.17, 15) is 4.79 Å². The van der Waals surface area contributed by atoms with Crippen molar-refractivity contribution in [3.63, 3.8) is 0 Å². The molecule has 4 aromatic rings. The molecule has 0 bridgehead atoms. The van der Waals surface area contributed by atoms with E-state index < -0.39 is 0 Å². The average Bonchev–Trinajstić information content (AvgIpc) is 3.54. The Labute approximate surface area is 224 Å². The van der Waals surface area contributed by atoms with Gasteiger partial charge in [0.25, 0.3) is 5.91 Å². The van der Waals surface area contributed by atoms with E-state index in [1.54, 1.807) is 7.11 Å². The van der Waals surface area contributed by atoms with Crippen LogP contribution in [0.3, 0.4) is 0 Å². The minimum Gasteiger partial charge on any atom is -0.495 e. The van der Waals surface area contributed by atoms with Gasteiger partial charge in [-0.2, -0.15) is 0 Å². The predicted molar refractivity (Wildman–Crippen MR) is 147 cm³/mol. The number of halogens is 1. The molecule has 0 N–H and O–H groups in total. The molecule has 4 rings (SSSR count). The van der Waals surface area contributed by atoms with E-state index >= 15 is 0 Å². The number of carbonyl (C=O) groups is 1. The Morgan fingerprint density at radius 2 is 1.81 bits per heavy atom. The minimum absolute atomic E-state index is 0.00982. The van der Waals surface area contributed by atoms with Crippen LogP contribution in [0.5, 0.6) is 5.75 Å². The summed E-state index contributed by atoms with van der Waals surface area (Å²) in [4.78, 5) is 19.4. The normalized spacial score (nSPS) is 11.0. The molecular formula is C26H28ClN5O2S2. The van der Waals surface area contributed by atoms with Gasteiger partial charge < -0.3 is 9.64 Å². The Morgan fingerprint density at radius 1 is 1.08 bits per heavy atom. The first-order valence-corrected chi connectivity index (χ1v) is 14.0. The Morgan fingerprint density at radius 3 is 2.53 bits per heavy atom. The molecule has 1 amide bonds. The van der Waals surface area contributed by atoms with Gasteiger partial charge in [-0.1, -0.05) is 61.5 Å². The number of amides is 1. The van der Waals surface area contributed by atoms with Crippen molar-refractivity contribution in [1.82, 2.24) is 24.6 Å². The molecule has 0 atom stereocenters. The monoisotopic (exact) mass is 541 g/mol. The second-order valence-corrected chi connectivity index (χ2v) is 10.3. The van der Waals surface area contributed by atoms with Gasteiger partial charge in [0.1, 0.15) is 16.5 Å². The average molecular weight is 542 g/mol. The Hall–Kier alpha value is -2.88. The molecule has 0 radical (unpaired) electrons. The van der Waals surface area contributed by atoms with Crippen LogP contribution in [0.2, 0.25) is 5.02 Å². The fourth-order valence-corrected chi connectivity index (χ4v) is 5.78. The summed E-state index contributed by atoms with van der Waals surface area (Å²) in [6.07, 6.45) is 1.84. The summed E-state index contributed by atoms with van der Waals surface area (Å²) in [6, 6.07) is 15.3. The van der Waals surface area contributed by atoms with E-state index in [1.807, 2.05) is 63.4 Å². The van der Waals surface area contributed by atoms with E-state index in [0.29, 0.717) is 33.2 Å². The summed E-state index contributed by atoms with van der Waals surface area (Å²) in [5.74, 6) is 1.86. The van der Waals surface area contributed by atoms with E-state index in [2.05, 4.69) is 29.0 Å².